The molecule has 2 heterocycles. The van der Waals surface area contributed by atoms with Crippen LogP contribution in [0.4, 0.5) is 4.39 Å². The van der Waals surface area contributed by atoms with Crippen molar-refractivity contribution < 1.29 is 4.39 Å². The van der Waals surface area contributed by atoms with Crippen molar-refractivity contribution in [3.8, 4) is 11.4 Å². The lowest BCUT2D eigenvalue weighted by Gasteiger charge is -2.02. The third-order valence-corrected chi connectivity index (χ3v) is 4.17. The van der Waals surface area contributed by atoms with Crippen molar-refractivity contribution in [2.45, 2.75) is 6.92 Å². The highest BCUT2D eigenvalue weighted by atomic mass is 35.5. The van der Waals surface area contributed by atoms with Crippen LogP contribution >= 0.6 is 34.5 Å². The second kappa shape index (κ2) is 4.71. The monoisotopic (exact) mass is 312 g/mol. The van der Waals surface area contributed by atoms with Crippen LogP contribution in [-0.4, -0.2) is 9.97 Å². The Morgan fingerprint density at radius 1 is 1.16 bits per heavy atom. The summed E-state index contributed by atoms with van der Waals surface area (Å²) in [5.74, 6) is -0.0224. The molecule has 0 amide bonds. The fourth-order valence-electron chi connectivity index (χ4n) is 1.77. The summed E-state index contributed by atoms with van der Waals surface area (Å²) in [6.07, 6.45) is 0. The van der Waals surface area contributed by atoms with Crippen molar-refractivity contribution in [1.29, 1.82) is 0 Å². The lowest BCUT2D eigenvalue weighted by Crippen LogP contribution is -1.90. The number of benzene rings is 1. The van der Waals surface area contributed by atoms with Crippen molar-refractivity contribution in [3.63, 3.8) is 0 Å². The molecule has 0 spiro atoms. The van der Waals surface area contributed by atoms with Gasteiger partial charge in [0.15, 0.2) is 5.82 Å². The number of thiophene rings is 1. The van der Waals surface area contributed by atoms with Gasteiger partial charge in [0, 0.05) is 15.8 Å². The lowest BCUT2D eigenvalue weighted by atomic mass is 10.2. The fourth-order valence-corrected chi connectivity index (χ4v) is 3.11. The van der Waals surface area contributed by atoms with Gasteiger partial charge in [0.1, 0.15) is 15.8 Å². The van der Waals surface area contributed by atoms with Crippen molar-refractivity contribution in [2.75, 3.05) is 0 Å². The van der Waals surface area contributed by atoms with Gasteiger partial charge in [-0.3, -0.25) is 0 Å². The molecule has 19 heavy (non-hydrogen) atoms. The summed E-state index contributed by atoms with van der Waals surface area (Å²) in [6, 6.07) is 6.32. The largest absolute Gasteiger partial charge is 0.217 e. The zero-order valence-corrected chi connectivity index (χ0v) is 12.1. The van der Waals surface area contributed by atoms with Crippen LogP contribution in [0, 0.1) is 12.7 Å². The van der Waals surface area contributed by atoms with Crippen molar-refractivity contribution in [3.05, 3.63) is 45.1 Å². The van der Waals surface area contributed by atoms with Gasteiger partial charge in [-0.1, -0.05) is 23.2 Å². The summed E-state index contributed by atoms with van der Waals surface area (Å²) in [4.78, 5) is 10.6. The van der Waals surface area contributed by atoms with Crippen molar-refractivity contribution in [1.82, 2.24) is 9.97 Å². The summed E-state index contributed by atoms with van der Waals surface area (Å²) in [7, 11) is 0. The first-order valence-corrected chi connectivity index (χ1v) is 7.01. The molecule has 0 aliphatic carbocycles. The van der Waals surface area contributed by atoms with Crippen molar-refractivity contribution >= 4 is 44.8 Å². The molecule has 0 unspecified atom stereocenters. The van der Waals surface area contributed by atoms with E-state index < -0.39 is 5.82 Å². The minimum absolute atomic E-state index is 0.0414. The molecule has 3 aromatic rings. The zero-order valence-electron chi connectivity index (χ0n) is 9.75. The number of halogens is 3. The fraction of sp³-hybridized carbons (Fsp3) is 0.0769. The van der Waals surface area contributed by atoms with E-state index in [4.69, 9.17) is 23.2 Å². The van der Waals surface area contributed by atoms with E-state index in [1.54, 1.807) is 6.07 Å². The van der Waals surface area contributed by atoms with Gasteiger partial charge in [0.05, 0.1) is 5.02 Å². The predicted octanol–water partition coefficient (Wildman–Crippen LogP) is 5.11. The summed E-state index contributed by atoms with van der Waals surface area (Å²) >= 11 is 13.4. The van der Waals surface area contributed by atoms with Gasteiger partial charge in [0.2, 0.25) is 0 Å². The van der Waals surface area contributed by atoms with Crippen LogP contribution in [0.1, 0.15) is 4.88 Å². The van der Waals surface area contributed by atoms with Crippen LogP contribution in [0.3, 0.4) is 0 Å². The molecular weight excluding hydrogens is 306 g/mol. The topological polar surface area (TPSA) is 25.8 Å². The zero-order chi connectivity index (χ0) is 13.6. The molecule has 0 saturated heterocycles. The first-order chi connectivity index (χ1) is 9.04. The number of fused-ring (bicyclic) bond motifs is 1. The van der Waals surface area contributed by atoms with Crippen LogP contribution in [-0.2, 0) is 0 Å². The minimum atomic E-state index is -0.468. The number of rotatable bonds is 1. The smallest absolute Gasteiger partial charge is 0.162 e. The van der Waals surface area contributed by atoms with E-state index in [2.05, 4.69) is 9.97 Å². The summed E-state index contributed by atoms with van der Waals surface area (Å²) in [5.41, 5.74) is 0.640. The quantitative estimate of drug-likeness (QED) is 0.583. The predicted molar refractivity (Wildman–Crippen MR) is 77.6 cm³/mol. The normalized spacial score (nSPS) is 11.2. The van der Waals surface area contributed by atoms with Crippen molar-refractivity contribution in [2.24, 2.45) is 0 Å². The lowest BCUT2D eigenvalue weighted by molar-refractivity contribution is 0.628. The molecule has 96 valence electrons. The molecule has 0 aliphatic rings. The van der Waals surface area contributed by atoms with E-state index >= 15 is 0 Å². The number of nitrogens with zero attached hydrogens (tertiary/aromatic N) is 2. The van der Waals surface area contributed by atoms with Gasteiger partial charge in [-0.2, -0.15) is 0 Å². The van der Waals surface area contributed by atoms with E-state index in [9.17, 15) is 4.39 Å². The average Bonchev–Trinajstić information content (AvgIpc) is 2.74. The molecule has 0 radical (unpaired) electrons. The molecule has 0 saturated carbocycles. The van der Waals surface area contributed by atoms with Gasteiger partial charge in [-0.15, -0.1) is 11.3 Å². The highest BCUT2D eigenvalue weighted by Gasteiger charge is 2.11. The Bertz CT molecular complexity index is 786. The highest BCUT2D eigenvalue weighted by Crippen LogP contribution is 2.31. The summed E-state index contributed by atoms with van der Waals surface area (Å²) in [6.45, 7) is 1.98. The maximum Gasteiger partial charge on any atom is 0.162 e. The van der Waals surface area contributed by atoms with E-state index in [0.717, 1.165) is 15.1 Å². The standard InChI is InChI=1S/C13H7Cl2FN2S/c1-6-4-8-11(15)17-12(18-13(8)19-6)7-2-3-10(16)9(14)5-7/h2-5H,1H3. The number of hydrogen-bond donors (Lipinski definition) is 0. The van der Waals surface area contributed by atoms with Gasteiger partial charge in [-0.25, -0.2) is 14.4 Å². The third kappa shape index (κ3) is 2.31. The Morgan fingerprint density at radius 2 is 1.95 bits per heavy atom. The van der Waals surface area contributed by atoms with Gasteiger partial charge in [0.25, 0.3) is 0 Å². The molecule has 0 aliphatic heterocycles. The van der Waals surface area contributed by atoms with Crippen LogP contribution in [0.25, 0.3) is 21.6 Å². The van der Waals surface area contributed by atoms with Crippen LogP contribution in [0.15, 0.2) is 24.3 Å². The minimum Gasteiger partial charge on any atom is -0.217 e. The molecule has 2 aromatic heterocycles. The van der Waals surface area contributed by atoms with Gasteiger partial charge in [-0.05, 0) is 31.2 Å². The second-order valence-corrected chi connectivity index (χ2v) is 6.04. The summed E-state index contributed by atoms with van der Waals surface area (Å²) < 4.78 is 13.2. The summed E-state index contributed by atoms with van der Waals surface area (Å²) in [5, 5.41) is 1.27. The second-order valence-electron chi connectivity index (χ2n) is 4.04. The molecule has 0 N–H and O–H groups in total. The Balaban J connectivity index is 2.21. The maximum absolute atomic E-state index is 13.2. The van der Waals surface area contributed by atoms with Crippen LogP contribution in [0.5, 0.6) is 0 Å². The molecular formula is C13H7Cl2FN2S. The SMILES string of the molecule is Cc1cc2c(Cl)nc(-c3ccc(F)c(Cl)c3)nc2s1. The Labute approximate surface area is 122 Å². The van der Waals surface area contributed by atoms with E-state index in [1.165, 1.54) is 23.5 Å². The third-order valence-electron chi connectivity index (χ3n) is 2.65. The Kier molecular flexibility index (Phi) is 3.17. The number of hydrogen-bond acceptors (Lipinski definition) is 3. The van der Waals surface area contributed by atoms with E-state index in [0.29, 0.717) is 16.5 Å². The first-order valence-electron chi connectivity index (χ1n) is 5.44. The van der Waals surface area contributed by atoms with E-state index in [1.807, 2.05) is 13.0 Å². The number of aromatic nitrogens is 2. The molecule has 0 fully saturated rings. The maximum atomic E-state index is 13.2. The van der Waals surface area contributed by atoms with Crippen LogP contribution in [0.2, 0.25) is 10.2 Å². The van der Waals surface area contributed by atoms with Gasteiger partial charge < -0.3 is 0 Å². The Morgan fingerprint density at radius 3 is 2.68 bits per heavy atom. The average molecular weight is 313 g/mol. The van der Waals surface area contributed by atoms with Crippen LogP contribution < -0.4 is 0 Å². The highest BCUT2D eigenvalue weighted by molar-refractivity contribution is 7.18. The number of aryl methyl sites for hydroxylation is 1. The molecule has 2 nitrogen and oxygen atoms in total. The Hall–Kier alpha value is -1.23. The first kappa shape index (κ1) is 12.8. The molecule has 0 atom stereocenters. The molecule has 3 rings (SSSR count). The molecule has 6 heteroatoms. The molecule has 1 aromatic carbocycles. The molecule has 0 bridgehead atoms. The van der Waals surface area contributed by atoms with Gasteiger partial charge >= 0.3 is 0 Å². The van der Waals surface area contributed by atoms with E-state index in [-0.39, 0.29) is 5.02 Å².